The molecule has 1 aliphatic rings. The van der Waals surface area contributed by atoms with Crippen LogP contribution in [0.4, 0.5) is 10.1 Å². The molecule has 2 atom stereocenters. The van der Waals surface area contributed by atoms with Gasteiger partial charge in [-0.15, -0.1) is 0 Å². The zero-order valence-electron chi connectivity index (χ0n) is 19.6. The Hall–Kier alpha value is -3.67. The standard InChI is InChI=1S/C28H29FN2O3/c1-18(2)28(33)31-16-15-20-9-14-24(17-25(20)26(31)21-7-5-4-6-8-21)34-19(3)27(32)30-23-12-10-22(29)11-13-23/h4-14,17-19,26H,15-16H2,1-3H3,(H,30,32)/t19-,26-/m1/s1. The van der Waals surface area contributed by atoms with Gasteiger partial charge in [0.1, 0.15) is 11.6 Å². The summed E-state index contributed by atoms with van der Waals surface area (Å²) in [6.45, 7) is 6.16. The van der Waals surface area contributed by atoms with Gasteiger partial charge in [-0.2, -0.15) is 0 Å². The predicted molar refractivity (Wildman–Crippen MR) is 130 cm³/mol. The van der Waals surface area contributed by atoms with Gasteiger partial charge >= 0.3 is 0 Å². The van der Waals surface area contributed by atoms with E-state index in [1.165, 1.54) is 24.3 Å². The van der Waals surface area contributed by atoms with Gasteiger partial charge in [-0.1, -0.05) is 50.2 Å². The van der Waals surface area contributed by atoms with Crippen LogP contribution in [0.1, 0.15) is 43.5 Å². The van der Waals surface area contributed by atoms with E-state index in [9.17, 15) is 14.0 Å². The summed E-state index contributed by atoms with van der Waals surface area (Å²) in [6.07, 6.45) is -0.00635. The highest BCUT2D eigenvalue weighted by Crippen LogP contribution is 2.38. The van der Waals surface area contributed by atoms with E-state index in [0.717, 1.165) is 23.1 Å². The number of rotatable bonds is 6. The normalized spacial score (nSPS) is 16.0. The highest BCUT2D eigenvalue weighted by Gasteiger charge is 2.33. The Kier molecular flexibility index (Phi) is 6.96. The van der Waals surface area contributed by atoms with E-state index >= 15 is 0 Å². The van der Waals surface area contributed by atoms with Gasteiger partial charge in [-0.3, -0.25) is 9.59 Å². The zero-order valence-corrected chi connectivity index (χ0v) is 19.6. The molecular formula is C28H29FN2O3. The molecule has 3 aromatic carbocycles. The maximum Gasteiger partial charge on any atom is 0.265 e. The highest BCUT2D eigenvalue weighted by atomic mass is 19.1. The van der Waals surface area contributed by atoms with Crippen molar-refractivity contribution < 1.29 is 18.7 Å². The molecule has 34 heavy (non-hydrogen) atoms. The van der Waals surface area contributed by atoms with Crippen LogP contribution in [-0.4, -0.2) is 29.4 Å². The summed E-state index contributed by atoms with van der Waals surface area (Å²) < 4.78 is 19.1. The van der Waals surface area contributed by atoms with E-state index in [1.54, 1.807) is 6.92 Å². The molecule has 0 aliphatic carbocycles. The monoisotopic (exact) mass is 460 g/mol. The maximum atomic E-state index is 13.1. The number of fused-ring (bicyclic) bond motifs is 1. The van der Waals surface area contributed by atoms with Crippen LogP contribution in [0, 0.1) is 11.7 Å². The molecule has 0 saturated carbocycles. The summed E-state index contributed by atoms with van der Waals surface area (Å²) in [7, 11) is 0. The Morgan fingerprint density at radius 2 is 1.71 bits per heavy atom. The summed E-state index contributed by atoms with van der Waals surface area (Å²) in [5.74, 6) is -0.143. The first-order valence-corrected chi connectivity index (χ1v) is 11.5. The molecule has 0 unspecified atom stereocenters. The average Bonchev–Trinajstić information content (AvgIpc) is 2.84. The van der Waals surface area contributed by atoms with Gasteiger partial charge in [0.2, 0.25) is 5.91 Å². The fourth-order valence-electron chi connectivity index (χ4n) is 4.27. The van der Waals surface area contributed by atoms with Crippen molar-refractivity contribution in [2.45, 2.75) is 39.3 Å². The molecule has 0 bridgehead atoms. The van der Waals surface area contributed by atoms with Gasteiger partial charge in [-0.25, -0.2) is 4.39 Å². The van der Waals surface area contributed by atoms with Crippen molar-refractivity contribution in [2.24, 2.45) is 5.92 Å². The van der Waals surface area contributed by atoms with Gasteiger partial charge in [0, 0.05) is 18.2 Å². The molecule has 2 amide bonds. The fourth-order valence-corrected chi connectivity index (χ4v) is 4.27. The number of carbonyl (C=O) groups excluding carboxylic acids is 2. The topological polar surface area (TPSA) is 58.6 Å². The number of nitrogens with one attached hydrogen (secondary N) is 1. The second-order valence-electron chi connectivity index (χ2n) is 8.87. The Labute approximate surface area is 199 Å². The maximum absolute atomic E-state index is 13.1. The SMILES string of the molecule is CC(C)C(=O)N1CCc2ccc(O[C@H](C)C(=O)Nc3ccc(F)cc3)cc2[C@H]1c1ccccc1. The Balaban J connectivity index is 1.59. The third-order valence-electron chi connectivity index (χ3n) is 6.03. The van der Waals surface area contributed by atoms with Crippen LogP contribution >= 0.6 is 0 Å². The van der Waals surface area contributed by atoms with Crippen LogP contribution in [0.5, 0.6) is 5.75 Å². The molecule has 0 spiro atoms. The van der Waals surface area contributed by atoms with Crippen LogP contribution in [0.25, 0.3) is 0 Å². The third-order valence-corrected chi connectivity index (χ3v) is 6.03. The van der Waals surface area contributed by atoms with E-state index in [0.29, 0.717) is 18.0 Å². The summed E-state index contributed by atoms with van der Waals surface area (Å²) in [5.41, 5.74) is 3.71. The number of ether oxygens (including phenoxy) is 1. The van der Waals surface area contributed by atoms with Crippen molar-refractivity contribution in [3.05, 3.63) is 95.3 Å². The molecule has 176 valence electrons. The molecule has 1 N–H and O–H groups in total. The summed E-state index contributed by atoms with van der Waals surface area (Å²) in [6, 6.07) is 21.2. The quantitative estimate of drug-likeness (QED) is 0.539. The minimum atomic E-state index is -0.768. The first-order valence-electron chi connectivity index (χ1n) is 11.5. The van der Waals surface area contributed by atoms with E-state index in [4.69, 9.17) is 4.74 Å². The summed E-state index contributed by atoms with van der Waals surface area (Å²) in [5, 5.41) is 2.74. The van der Waals surface area contributed by atoms with Gasteiger partial charge in [0.15, 0.2) is 6.10 Å². The largest absolute Gasteiger partial charge is 0.481 e. The van der Waals surface area contributed by atoms with E-state index in [-0.39, 0.29) is 29.6 Å². The Morgan fingerprint density at radius 1 is 1.00 bits per heavy atom. The predicted octanol–water partition coefficient (Wildman–Crippen LogP) is 5.36. The second kappa shape index (κ2) is 10.1. The zero-order chi connectivity index (χ0) is 24.2. The number of benzene rings is 3. The van der Waals surface area contributed by atoms with Gasteiger partial charge < -0.3 is 15.0 Å². The molecule has 0 aromatic heterocycles. The minimum Gasteiger partial charge on any atom is -0.481 e. The summed E-state index contributed by atoms with van der Waals surface area (Å²) >= 11 is 0. The van der Waals surface area contributed by atoms with Crippen molar-refractivity contribution in [1.29, 1.82) is 0 Å². The van der Waals surface area contributed by atoms with Crippen molar-refractivity contribution in [1.82, 2.24) is 4.90 Å². The van der Waals surface area contributed by atoms with Crippen LogP contribution in [0.2, 0.25) is 0 Å². The smallest absolute Gasteiger partial charge is 0.265 e. The molecule has 1 aliphatic heterocycles. The minimum absolute atomic E-state index is 0.109. The number of halogens is 1. The molecule has 3 aromatic rings. The molecule has 0 radical (unpaired) electrons. The van der Waals surface area contributed by atoms with Crippen molar-refractivity contribution in [3.63, 3.8) is 0 Å². The molecule has 1 heterocycles. The van der Waals surface area contributed by atoms with Crippen molar-refractivity contribution >= 4 is 17.5 Å². The van der Waals surface area contributed by atoms with Gasteiger partial charge in [-0.05, 0) is 66.4 Å². The van der Waals surface area contributed by atoms with Gasteiger partial charge in [0.05, 0.1) is 6.04 Å². The number of hydrogen-bond acceptors (Lipinski definition) is 3. The van der Waals surface area contributed by atoms with Crippen LogP contribution < -0.4 is 10.1 Å². The number of anilines is 1. The lowest BCUT2D eigenvalue weighted by Gasteiger charge is -2.39. The molecular weight excluding hydrogens is 431 g/mol. The summed E-state index contributed by atoms with van der Waals surface area (Å²) in [4.78, 5) is 27.6. The number of carbonyl (C=O) groups is 2. The lowest BCUT2D eigenvalue weighted by atomic mass is 9.87. The lowest BCUT2D eigenvalue weighted by molar-refractivity contribution is -0.136. The van der Waals surface area contributed by atoms with Gasteiger partial charge in [0.25, 0.3) is 5.91 Å². The number of hydrogen-bond donors (Lipinski definition) is 1. The van der Waals surface area contributed by atoms with Crippen molar-refractivity contribution in [2.75, 3.05) is 11.9 Å². The van der Waals surface area contributed by atoms with Crippen LogP contribution in [0.15, 0.2) is 72.8 Å². The van der Waals surface area contributed by atoms with Crippen LogP contribution in [0.3, 0.4) is 0 Å². The molecule has 4 rings (SSSR count). The first-order chi connectivity index (χ1) is 16.3. The number of amides is 2. The van der Waals surface area contributed by atoms with Crippen LogP contribution in [-0.2, 0) is 16.0 Å². The highest BCUT2D eigenvalue weighted by molar-refractivity contribution is 5.94. The number of nitrogens with zero attached hydrogens (tertiary/aromatic N) is 1. The first kappa shape index (κ1) is 23.5. The molecule has 6 heteroatoms. The molecule has 0 fully saturated rings. The Bertz CT molecular complexity index is 1160. The second-order valence-corrected chi connectivity index (χ2v) is 8.87. The van der Waals surface area contributed by atoms with E-state index in [2.05, 4.69) is 5.32 Å². The Morgan fingerprint density at radius 3 is 2.38 bits per heavy atom. The van der Waals surface area contributed by atoms with E-state index < -0.39 is 6.10 Å². The fraction of sp³-hybridized carbons (Fsp3) is 0.286. The van der Waals surface area contributed by atoms with E-state index in [1.807, 2.05) is 67.3 Å². The third kappa shape index (κ3) is 5.11. The molecule has 0 saturated heterocycles. The van der Waals surface area contributed by atoms with Crippen molar-refractivity contribution in [3.8, 4) is 5.75 Å². The molecule has 5 nitrogen and oxygen atoms in total. The lowest BCUT2D eigenvalue weighted by Crippen LogP contribution is -2.42. The average molecular weight is 461 g/mol.